The summed E-state index contributed by atoms with van der Waals surface area (Å²) < 4.78 is 4.79. The van der Waals surface area contributed by atoms with Crippen LogP contribution in [0.3, 0.4) is 0 Å². The fourth-order valence-corrected chi connectivity index (χ4v) is 0.759. The number of hydrogen-bond acceptors (Lipinski definition) is 2. The summed E-state index contributed by atoms with van der Waals surface area (Å²) in [6.45, 7) is 5.78. The molecule has 2 nitrogen and oxygen atoms in total. The summed E-state index contributed by atoms with van der Waals surface area (Å²) in [5.74, 6) is -0.242. The normalized spacial score (nSPS) is 8.23. The van der Waals surface area contributed by atoms with E-state index < -0.39 is 0 Å². The van der Waals surface area contributed by atoms with Crippen molar-refractivity contribution < 1.29 is 9.53 Å². The molecule has 1 rings (SSSR count). The van der Waals surface area contributed by atoms with Crippen molar-refractivity contribution in [3.63, 3.8) is 0 Å². The van der Waals surface area contributed by atoms with Gasteiger partial charge in [-0.3, -0.25) is 4.79 Å². The summed E-state index contributed by atoms with van der Waals surface area (Å²) in [4.78, 5) is 10.4. The van der Waals surface area contributed by atoms with E-state index in [1.807, 2.05) is 44.2 Å². The molecule has 0 atom stereocenters. The lowest BCUT2D eigenvalue weighted by Gasteiger charge is -1.99. The number of carbonyl (C=O) groups excluding carboxylic acids is 1. The summed E-state index contributed by atoms with van der Waals surface area (Å²) >= 11 is 0. The predicted molar refractivity (Wildman–Crippen MR) is 53.3 cm³/mol. The van der Waals surface area contributed by atoms with Crippen LogP contribution in [-0.2, 0) is 16.1 Å². The molecule has 0 aromatic heterocycles. The minimum Gasteiger partial charge on any atom is -0.461 e. The van der Waals surface area contributed by atoms with Gasteiger partial charge in [0, 0.05) is 6.92 Å². The number of rotatable bonds is 2. The van der Waals surface area contributed by atoms with E-state index in [0.29, 0.717) is 6.61 Å². The van der Waals surface area contributed by atoms with E-state index in [-0.39, 0.29) is 5.97 Å². The lowest BCUT2D eigenvalue weighted by molar-refractivity contribution is -0.142. The van der Waals surface area contributed by atoms with Crippen LogP contribution in [0, 0.1) is 0 Å². The molecule has 0 unspecified atom stereocenters. The molecule has 0 spiro atoms. The first-order valence-corrected chi connectivity index (χ1v) is 4.46. The average molecular weight is 180 g/mol. The molecule has 0 aliphatic carbocycles. The van der Waals surface area contributed by atoms with Crippen LogP contribution in [0.1, 0.15) is 26.3 Å². The molecule has 2 heteroatoms. The van der Waals surface area contributed by atoms with Gasteiger partial charge in [0.1, 0.15) is 6.61 Å². The number of ether oxygens (including phenoxy) is 1. The zero-order chi connectivity index (χ0) is 10.1. The Bertz CT molecular complexity index is 229. The predicted octanol–water partition coefficient (Wildman–Crippen LogP) is 2.78. The van der Waals surface area contributed by atoms with E-state index in [2.05, 4.69) is 0 Å². The topological polar surface area (TPSA) is 26.3 Å². The lowest BCUT2D eigenvalue weighted by Crippen LogP contribution is -1.97. The fraction of sp³-hybridized carbons (Fsp3) is 0.364. The first kappa shape index (κ1) is 11.7. The van der Waals surface area contributed by atoms with Crippen LogP contribution >= 0.6 is 0 Å². The van der Waals surface area contributed by atoms with Crippen molar-refractivity contribution in [1.29, 1.82) is 0 Å². The molecule has 1 aromatic rings. The van der Waals surface area contributed by atoms with E-state index in [4.69, 9.17) is 4.74 Å². The molecular weight excluding hydrogens is 164 g/mol. The highest BCUT2D eigenvalue weighted by Crippen LogP contribution is 1.99. The Morgan fingerprint density at radius 3 is 2.23 bits per heavy atom. The van der Waals surface area contributed by atoms with Crippen molar-refractivity contribution in [2.24, 2.45) is 0 Å². The van der Waals surface area contributed by atoms with E-state index in [1.165, 1.54) is 6.92 Å². The van der Waals surface area contributed by atoms with Gasteiger partial charge in [-0.1, -0.05) is 44.2 Å². The summed E-state index contributed by atoms with van der Waals surface area (Å²) in [6.07, 6.45) is 0. The molecule has 0 heterocycles. The number of benzene rings is 1. The van der Waals surface area contributed by atoms with Crippen LogP contribution in [0.2, 0.25) is 0 Å². The molecule has 0 fully saturated rings. The molecule has 0 aliphatic heterocycles. The van der Waals surface area contributed by atoms with Crippen molar-refractivity contribution in [3.05, 3.63) is 35.9 Å². The number of carbonyl (C=O) groups is 1. The third-order valence-corrected chi connectivity index (χ3v) is 1.28. The van der Waals surface area contributed by atoms with Gasteiger partial charge in [0.2, 0.25) is 0 Å². The van der Waals surface area contributed by atoms with Gasteiger partial charge in [-0.05, 0) is 5.56 Å². The number of hydrogen-bond donors (Lipinski definition) is 0. The smallest absolute Gasteiger partial charge is 0.302 e. The van der Waals surface area contributed by atoms with E-state index in [0.717, 1.165) is 5.56 Å². The Balaban J connectivity index is 0.000000671. The molecule has 0 saturated heterocycles. The van der Waals surface area contributed by atoms with Gasteiger partial charge in [-0.15, -0.1) is 0 Å². The Kier molecular flexibility index (Phi) is 6.60. The minimum atomic E-state index is -0.242. The average Bonchev–Trinajstić information content (AvgIpc) is 2.19. The largest absolute Gasteiger partial charge is 0.461 e. The first-order valence-electron chi connectivity index (χ1n) is 4.46. The molecule has 0 bridgehead atoms. The van der Waals surface area contributed by atoms with E-state index in [1.54, 1.807) is 0 Å². The third kappa shape index (κ3) is 5.91. The van der Waals surface area contributed by atoms with Crippen LogP contribution in [0.15, 0.2) is 30.3 Å². The third-order valence-electron chi connectivity index (χ3n) is 1.28. The van der Waals surface area contributed by atoms with Gasteiger partial charge < -0.3 is 4.74 Å². The summed E-state index contributed by atoms with van der Waals surface area (Å²) in [6, 6.07) is 9.60. The van der Waals surface area contributed by atoms with Crippen LogP contribution in [0.25, 0.3) is 0 Å². The highest BCUT2D eigenvalue weighted by molar-refractivity contribution is 5.65. The molecule has 72 valence electrons. The van der Waals surface area contributed by atoms with Gasteiger partial charge in [0.25, 0.3) is 0 Å². The lowest BCUT2D eigenvalue weighted by atomic mass is 10.2. The summed E-state index contributed by atoms with van der Waals surface area (Å²) in [5.41, 5.74) is 1.02. The Labute approximate surface area is 79.5 Å². The highest BCUT2D eigenvalue weighted by Gasteiger charge is 1.93. The molecule has 0 saturated carbocycles. The van der Waals surface area contributed by atoms with Gasteiger partial charge in [0.05, 0.1) is 0 Å². The van der Waals surface area contributed by atoms with Crippen molar-refractivity contribution in [3.8, 4) is 0 Å². The second kappa shape index (κ2) is 7.35. The fourth-order valence-electron chi connectivity index (χ4n) is 0.759. The van der Waals surface area contributed by atoms with Crippen LogP contribution in [-0.4, -0.2) is 5.97 Å². The van der Waals surface area contributed by atoms with Crippen molar-refractivity contribution in [2.75, 3.05) is 0 Å². The van der Waals surface area contributed by atoms with Crippen LogP contribution in [0.5, 0.6) is 0 Å². The molecule has 0 N–H and O–H groups in total. The molecule has 0 aliphatic rings. The Morgan fingerprint density at radius 1 is 1.23 bits per heavy atom. The van der Waals surface area contributed by atoms with Gasteiger partial charge in [-0.2, -0.15) is 0 Å². The Hall–Kier alpha value is -1.31. The van der Waals surface area contributed by atoms with Crippen LogP contribution in [0.4, 0.5) is 0 Å². The second-order valence-electron chi connectivity index (χ2n) is 2.27. The quantitative estimate of drug-likeness (QED) is 0.654. The SMILES string of the molecule is CC.CC(=O)OCc1ccccc1. The van der Waals surface area contributed by atoms with Crippen LogP contribution < -0.4 is 0 Å². The summed E-state index contributed by atoms with van der Waals surface area (Å²) in [5, 5.41) is 0. The molecule has 0 amide bonds. The highest BCUT2D eigenvalue weighted by atomic mass is 16.5. The number of esters is 1. The maximum atomic E-state index is 10.4. The second-order valence-corrected chi connectivity index (χ2v) is 2.27. The maximum Gasteiger partial charge on any atom is 0.302 e. The van der Waals surface area contributed by atoms with E-state index in [9.17, 15) is 4.79 Å². The zero-order valence-corrected chi connectivity index (χ0v) is 8.41. The zero-order valence-electron chi connectivity index (χ0n) is 8.41. The van der Waals surface area contributed by atoms with Gasteiger partial charge >= 0.3 is 5.97 Å². The van der Waals surface area contributed by atoms with E-state index >= 15 is 0 Å². The minimum absolute atomic E-state index is 0.242. The molecule has 0 radical (unpaired) electrons. The molecule has 13 heavy (non-hydrogen) atoms. The summed E-state index contributed by atoms with van der Waals surface area (Å²) in [7, 11) is 0. The molecular formula is C11H16O2. The monoisotopic (exact) mass is 180 g/mol. The van der Waals surface area contributed by atoms with Crippen molar-refractivity contribution in [1.82, 2.24) is 0 Å². The Morgan fingerprint density at radius 2 is 1.77 bits per heavy atom. The molecule has 1 aromatic carbocycles. The first-order chi connectivity index (χ1) is 6.29. The maximum absolute atomic E-state index is 10.4. The van der Waals surface area contributed by atoms with Crippen molar-refractivity contribution in [2.45, 2.75) is 27.4 Å². The standard InChI is InChI=1S/C9H10O2.C2H6/c1-8(10)11-7-9-5-3-2-4-6-9;1-2/h2-6H,7H2,1H3;1-2H3. The van der Waals surface area contributed by atoms with Crippen molar-refractivity contribution >= 4 is 5.97 Å². The van der Waals surface area contributed by atoms with Gasteiger partial charge in [-0.25, -0.2) is 0 Å². The van der Waals surface area contributed by atoms with Gasteiger partial charge in [0.15, 0.2) is 0 Å².